The van der Waals surface area contributed by atoms with E-state index in [0.717, 1.165) is 5.92 Å². The fourth-order valence-corrected chi connectivity index (χ4v) is 1.69. The maximum Gasteiger partial charge on any atom is -0.0133 e. The zero-order chi connectivity index (χ0) is 5.40. The van der Waals surface area contributed by atoms with E-state index in [-0.39, 0.29) is 0 Å². The molecular formula is C8H12. The topological polar surface area (TPSA) is 0 Å². The Hall–Kier alpha value is -0.260. The predicted octanol–water partition coefficient (Wildman–Crippen LogP) is 2.51. The molecule has 2 aliphatic rings. The van der Waals surface area contributed by atoms with E-state index >= 15 is 0 Å². The molecule has 0 radical (unpaired) electrons. The zero-order valence-corrected chi connectivity index (χ0v) is 5.19. The SMILES string of the molecule is C1=C(C2CCCC2)C1. The van der Waals surface area contributed by atoms with E-state index in [4.69, 9.17) is 0 Å². The molecule has 1 saturated carbocycles. The minimum atomic E-state index is 1.04. The lowest BCUT2D eigenvalue weighted by molar-refractivity contribution is 0.659. The summed E-state index contributed by atoms with van der Waals surface area (Å²) in [5.74, 6) is 1.04. The van der Waals surface area contributed by atoms with Gasteiger partial charge in [0.15, 0.2) is 0 Å². The molecule has 0 bridgehead atoms. The van der Waals surface area contributed by atoms with Crippen molar-refractivity contribution in [1.29, 1.82) is 0 Å². The molecule has 0 heteroatoms. The van der Waals surface area contributed by atoms with Gasteiger partial charge in [0, 0.05) is 0 Å². The van der Waals surface area contributed by atoms with Crippen molar-refractivity contribution < 1.29 is 0 Å². The van der Waals surface area contributed by atoms with Gasteiger partial charge in [0.05, 0.1) is 0 Å². The predicted molar refractivity (Wildman–Crippen MR) is 34.7 cm³/mol. The van der Waals surface area contributed by atoms with Gasteiger partial charge in [-0.15, -0.1) is 0 Å². The van der Waals surface area contributed by atoms with Crippen LogP contribution in [0.2, 0.25) is 0 Å². The summed E-state index contributed by atoms with van der Waals surface area (Å²) < 4.78 is 0. The Labute approximate surface area is 50.6 Å². The lowest BCUT2D eigenvalue weighted by Crippen LogP contribution is -1.86. The fraction of sp³-hybridized carbons (Fsp3) is 0.750. The van der Waals surface area contributed by atoms with Crippen LogP contribution in [0.15, 0.2) is 11.6 Å². The molecule has 0 spiro atoms. The molecule has 1 fully saturated rings. The number of allylic oxidation sites excluding steroid dienone is 2. The van der Waals surface area contributed by atoms with Crippen molar-refractivity contribution in [1.82, 2.24) is 0 Å². The molecule has 0 aliphatic heterocycles. The molecular weight excluding hydrogens is 96.1 g/mol. The van der Waals surface area contributed by atoms with Crippen LogP contribution in [-0.4, -0.2) is 0 Å². The Balaban J connectivity index is 1.95. The van der Waals surface area contributed by atoms with Crippen molar-refractivity contribution in [3.63, 3.8) is 0 Å². The van der Waals surface area contributed by atoms with Gasteiger partial charge in [-0.25, -0.2) is 0 Å². The Morgan fingerprint density at radius 2 is 1.88 bits per heavy atom. The van der Waals surface area contributed by atoms with Gasteiger partial charge in [-0.3, -0.25) is 0 Å². The van der Waals surface area contributed by atoms with E-state index in [1.807, 2.05) is 0 Å². The number of hydrogen-bond acceptors (Lipinski definition) is 0. The molecule has 0 saturated heterocycles. The first-order valence-corrected chi connectivity index (χ1v) is 3.66. The van der Waals surface area contributed by atoms with Crippen molar-refractivity contribution in [2.24, 2.45) is 5.92 Å². The van der Waals surface area contributed by atoms with Crippen LogP contribution < -0.4 is 0 Å². The van der Waals surface area contributed by atoms with Crippen LogP contribution in [0.1, 0.15) is 32.1 Å². The molecule has 0 atom stereocenters. The molecule has 44 valence electrons. The monoisotopic (exact) mass is 108 g/mol. The molecule has 0 unspecified atom stereocenters. The third kappa shape index (κ3) is 0.683. The van der Waals surface area contributed by atoms with Gasteiger partial charge in [0.1, 0.15) is 0 Å². The second-order valence-electron chi connectivity index (χ2n) is 2.96. The maximum atomic E-state index is 2.38. The first kappa shape index (κ1) is 4.60. The largest absolute Gasteiger partial charge is 0.0807 e. The first-order valence-electron chi connectivity index (χ1n) is 3.66. The van der Waals surface area contributed by atoms with Gasteiger partial charge in [0.2, 0.25) is 0 Å². The average molecular weight is 108 g/mol. The van der Waals surface area contributed by atoms with Gasteiger partial charge < -0.3 is 0 Å². The molecule has 0 N–H and O–H groups in total. The highest BCUT2D eigenvalue weighted by Crippen LogP contribution is 2.38. The maximum absolute atomic E-state index is 2.38. The van der Waals surface area contributed by atoms with Crippen molar-refractivity contribution >= 4 is 0 Å². The standard InChI is InChI=1S/C8H12/c1-2-4-7(3-1)8-5-6-8/h5,7H,1-4,6H2. The molecule has 0 aromatic carbocycles. The van der Waals surface area contributed by atoms with E-state index in [1.54, 1.807) is 5.57 Å². The summed E-state index contributed by atoms with van der Waals surface area (Å²) in [6, 6.07) is 0. The van der Waals surface area contributed by atoms with Gasteiger partial charge in [-0.05, 0) is 25.2 Å². The minimum absolute atomic E-state index is 1.04. The molecule has 0 amide bonds. The van der Waals surface area contributed by atoms with Gasteiger partial charge in [-0.1, -0.05) is 24.5 Å². The van der Waals surface area contributed by atoms with Gasteiger partial charge >= 0.3 is 0 Å². The van der Waals surface area contributed by atoms with Crippen LogP contribution >= 0.6 is 0 Å². The smallest absolute Gasteiger partial charge is 0.0133 e. The third-order valence-electron chi connectivity index (χ3n) is 2.32. The van der Waals surface area contributed by atoms with E-state index < -0.39 is 0 Å². The third-order valence-corrected chi connectivity index (χ3v) is 2.32. The van der Waals surface area contributed by atoms with Crippen LogP contribution in [-0.2, 0) is 0 Å². The highest BCUT2D eigenvalue weighted by Gasteiger charge is 2.23. The normalized spacial score (nSPS) is 28.2. The van der Waals surface area contributed by atoms with Crippen LogP contribution in [0.5, 0.6) is 0 Å². The summed E-state index contributed by atoms with van der Waals surface area (Å²) in [4.78, 5) is 0. The van der Waals surface area contributed by atoms with Crippen molar-refractivity contribution in [3.8, 4) is 0 Å². The average Bonchev–Trinajstić information content (AvgIpc) is 2.49. The number of rotatable bonds is 1. The summed E-state index contributed by atoms with van der Waals surface area (Å²) >= 11 is 0. The van der Waals surface area contributed by atoms with Crippen LogP contribution in [0.4, 0.5) is 0 Å². The quantitative estimate of drug-likeness (QED) is 0.453. The van der Waals surface area contributed by atoms with E-state index in [1.165, 1.54) is 32.1 Å². The first-order chi connectivity index (χ1) is 3.97. The summed E-state index contributed by atoms with van der Waals surface area (Å²) in [6.07, 6.45) is 9.70. The molecule has 8 heavy (non-hydrogen) atoms. The fourth-order valence-electron chi connectivity index (χ4n) is 1.69. The van der Waals surface area contributed by atoms with E-state index in [2.05, 4.69) is 6.08 Å². The highest BCUT2D eigenvalue weighted by molar-refractivity contribution is 5.25. The van der Waals surface area contributed by atoms with Crippen LogP contribution in [0.25, 0.3) is 0 Å². The second kappa shape index (κ2) is 1.61. The summed E-state index contributed by atoms with van der Waals surface area (Å²) in [5.41, 5.74) is 1.77. The molecule has 0 aromatic rings. The lowest BCUT2D eigenvalue weighted by atomic mass is 10.1. The van der Waals surface area contributed by atoms with E-state index in [0.29, 0.717) is 0 Å². The number of hydrogen-bond donors (Lipinski definition) is 0. The van der Waals surface area contributed by atoms with Crippen molar-refractivity contribution in [3.05, 3.63) is 11.6 Å². The summed E-state index contributed by atoms with van der Waals surface area (Å²) in [5, 5.41) is 0. The van der Waals surface area contributed by atoms with Gasteiger partial charge in [-0.2, -0.15) is 0 Å². The Bertz CT molecular complexity index is 116. The zero-order valence-electron chi connectivity index (χ0n) is 5.19. The lowest BCUT2D eigenvalue weighted by Gasteiger charge is -1.99. The minimum Gasteiger partial charge on any atom is -0.0807 e. The molecule has 0 heterocycles. The van der Waals surface area contributed by atoms with Crippen LogP contribution in [0, 0.1) is 5.92 Å². The van der Waals surface area contributed by atoms with E-state index in [9.17, 15) is 0 Å². The molecule has 0 nitrogen and oxygen atoms in total. The highest BCUT2D eigenvalue weighted by atomic mass is 14.3. The second-order valence-corrected chi connectivity index (χ2v) is 2.96. The molecule has 2 aliphatic carbocycles. The molecule has 0 aromatic heterocycles. The van der Waals surface area contributed by atoms with Crippen molar-refractivity contribution in [2.75, 3.05) is 0 Å². The summed E-state index contributed by atoms with van der Waals surface area (Å²) in [6.45, 7) is 0. The molecule has 2 rings (SSSR count). The van der Waals surface area contributed by atoms with Gasteiger partial charge in [0.25, 0.3) is 0 Å². The van der Waals surface area contributed by atoms with Crippen LogP contribution in [0.3, 0.4) is 0 Å². The Morgan fingerprint density at radius 1 is 1.25 bits per heavy atom. The summed E-state index contributed by atoms with van der Waals surface area (Å²) in [7, 11) is 0. The Morgan fingerprint density at radius 3 is 2.38 bits per heavy atom. The Kier molecular flexibility index (Phi) is 0.927. The van der Waals surface area contributed by atoms with Crippen molar-refractivity contribution in [2.45, 2.75) is 32.1 Å².